The van der Waals surface area contributed by atoms with E-state index in [9.17, 15) is 10.1 Å². The molecule has 20 heavy (non-hydrogen) atoms. The first kappa shape index (κ1) is 14.4. The van der Waals surface area contributed by atoms with E-state index < -0.39 is 0 Å². The van der Waals surface area contributed by atoms with Crippen LogP contribution >= 0.6 is 0 Å². The van der Waals surface area contributed by atoms with Crippen molar-refractivity contribution in [1.82, 2.24) is 10.2 Å². The van der Waals surface area contributed by atoms with E-state index in [1.165, 1.54) is 0 Å². The average Bonchev–Trinajstić information content (AvgIpc) is 2.46. The molecule has 106 valence electrons. The van der Waals surface area contributed by atoms with E-state index in [1.807, 2.05) is 30.0 Å². The molecule has 5 nitrogen and oxygen atoms in total. The Kier molecular flexibility index (Phi) is 4.26. The van der Waals surface area contributed by atoms with Crippen molar-refractivity contribution in [2.24, 2.45) is 0 Å². The fourth-order valence-electron chi connectivity index (χ4n) is 2.49. The smallest absolute Gasteiger partial charge is 0.246 e. The molecule has 1 aliphatic rings. The molecule has 1 unspecified atom stereocenters. The molecule has 0 aromatic heterocycles. The van der Waals surface area contributed by atoms with E-state index in [1.54, 1.807) is 19.0 Å². The fourth-order valence-corrected chi connectivity index (χ4v) is 2.49. The number of nitrogens with zero attached hydrogens (tertiary/aromatic N) is 3. The Hall–Kier alpha value is -2.06. The van der Waals surface area contributed by atoms with Gasteiger partial charge in [0, 0.05) is 33.7 Å². The van der Waals surface area contributed by atoms with Crippen molar-refractivity contribution in [2.75, 3.05) is 38.6 Å². The highest BCUT2D eigenvalue weighted by Crippen LogP contribution is 2.25. The summed E-state index contributed by atoms with van der Waals surface area (Å²) in [5, 5.41) is 12.5. The summed E-state index contributed by atoms with van der Waals surface area (Å²) in [6.07, 6.45) is 0. The van der Waals surface area contributed by atoms with Crippen LogP contribution in [0.5, 0.6) is 0 Å². The van der Waals surface area contributed by atoms with Crippen molar-refractivity contribution in [3.63, 3.8) is 0 Å². The lowest BCUT2D eigenvalue weighted by Crippen LogP contribution is -2.58. The third kappa shape index (κ3) is 2.75. The number of nitriles is 1. The summed E-state index contributed by atoms with van der Waals surface area (Å²) in [4.78, 5) is 16.0. The van der Waals surface area contributed by atoms with Crippen LogP contribution in [0.2, 0.25) is 0 Å². The predicted molar refractivity (Wildman–Crippen MR) is 78.6 cm³/mol. The molecule has 0 saturated carbocycles. The Bertz CT molecular complexity index is 547. The van der Waals surface area contributed by atoms with E-state index in [0.29, 0.717) is 12.1 Å². The Morgan fingerprint density at radius 2 is 2.25 bits per heavy atom. The minimum atomic E-state index is -0.257. The number of aryl methyl sites for hydroxylation is 1. The quantitative estimate of drug-likeness (QED) is 0.862. The number of piperazine rings is 1. The number of nitrogens with one attached hydrogen (secondary N) is 1. The molecule has 0 aliphatic carbocycles. The van der Waals surface area contributed by atoms with Crippen molar-refractivity contribution in [3.05, 3.63) is 29.3 Å². The van der Waals surface area contributed by atoms with Gasteiger partial charge in [-0.05, 0) is 24.6 Å². The highest BCUT2D eigenvalue weighted by molar-refractivity contribution is 5.86. The van der Waals surface area contributed by atoms with E-state index in [4.69, 9.17) is 0 Å². The van der Waals surface area contributed by atoms with Crippen LogP contribution in [0.25, 0.3) is 0 Å². The minimum Gasteiger partial charge on any atom is -0.356 e. The van der Waals surface area contributed by atoms with Gasteiger partial charge in [0.05, 0.1) is 11.3 Å². The van der Waals surface area contributed by atoms with Gasteiger partial charge in [0.2, 0.25) is 5.91 Å². The van der Waals surface area contributed by atoms with Crippen molar-refractivity contribution in [1.29, 1.82) is 5.26 Å². The predicted octanol–water partition coefficient (Wildman–Crippen LogP) is 0.733. The maximum atomic E-state index is 12.3. The summed E-state index contributed by atoms with van der Waals surface area (Å²) in [6.45, 7) is 4.14. The number of hydrogen-bond acceptors (Lipinski definition) is 4. The molecule has 1 N–H and O–H groups in total. The summed E-state index contributed by atoms with van der Waals surface area (Å²) in [5.74, 6) is 0.0580. The Morgan fingerprint density at radius 3 is 2.90 bits per heavy atom. The molecule has 1 aromatic rings. The van der Waals surface area contributed by atoms with Crippen LogP contribution in [0.1, 0.15) is 11.1 Å². The standard InChI is InChI=1S/C15H20N4O/c1-11-4-5-12(9-16)13(8-11)19-7-6-17-10-14(19)15(20)18(2)3/h4-5,8,14,17H,6-7,10H2,1-3H3. The van der Waals surface area contributed by atoms with Gasteiger partial charge in [-0.1, -0.05) is 6.07 Å². The number of carbonyl (C=O) groups is 1. The molecule has 1 saturated heterocycles. The van der Waals surface area contributed by atoms with E-state index in [0.717, 1.165) is 24.3 Å². The number of anilines is 1. The summed E-state index contributed by atoms with van der Waals surface area (Å²) in [5.41, 5.74) is 2.57. The van der Waals surface area contributed by atoms with Gasteiger partial charge in [-0.2, -0.15) is 5.26 Å². The van der Waals surface area contributed by atoms with Gasteiger partial charge in [0.25, 0.3) is 0 Å². The highest BCUT2D eigenvalue weighted by atomic mass is 16.2. The number of rotatable bonds is 2. The molecule has 5 heteroatoms. The molecule has 0 bridgehead atoms. The first-order chi connectivity index (χ1) is 9.54. The van der Waals surface area contributed by atoms with Crippen LogP contribution in [0.3, 0.4) is 0 Å². The van der Waals surface area contributed by atoms with E-state index in [-0.39, 0.29) is 11.9 Å². The summed E-state index contributed by atoms with van der Waals surface area (Å²) >= 11 is 0. The Labute approximate surface area is 119 Å². The van der Waals surface area contributed by atoms with Crippen LogP contribution < -0.4 is 10.2 Å². The Balaban J connectivity index is 2.40. The molecule has 1 aliphatic heterocycles. The maximum absolute atomic E-state index is 12.3. The molecule has 1 fully saturated rings. The second-order valence-corrected chi connectivity index (χ2v) is 5.28. The summed E-state index contributed by atoms with van der Waals surface area (Å²) in [6, 6.07) is 7.70. The lowest BCUT2D eigenvalue weighted by Gasteiger charge is -2.38. The molecule has 1 amide bonds. The minimum absolute atomic E-state index is 0.0580. The fraction of sp³-hybridized carbons (Fsp3) is 0.467. The normalized spacial score (nSPS) is 18.5. The molecule has 1 heterocycles. The lowest BCUT2D eigenvalue weighted by molar-refractivity contribution is -0.130. The van der Waals surface area contributed by atoms with Gasteiger partial charge in [0.15, 0.2) is 0 Å². The largest absolute Gasteiger partial charge is 0.356 e. The summed E-state index contributed by atoms with van der Waals surface area (Å²) in [7, 11) is 3.52. The molecule has 1 atom stereocenters. The monoisotopic (exact) mass is 272 g/mol. The van der Waals surface area contributed by atoms with Crippen LogP contribution in [-0.2, 0) is 4.79 Å². The topological polar surface area (TPSA) is 59.4 Å². The van der Waals surface area contributed by atoms with Gasteiger partial charge in [-0.3, -0.25) is 4.79 Å². The number of carbonyl (C=O) groups excluding carboxylic acids is 1. The average molecular weight is 272 g/mol. The molecule has 1 aromatic carbocycles. The molecule has 2 rings (SSSR count). The molecule has 0 radical (unpaired) electrons. The zero-order valence-corrected chi connectivity index (χ0v) is 12.2. The molecule has 0 spiro atoms. The maximum Gasteiger partial charge on any atom is 0.246 e. The van der Waals surface area contributed by atoms with Crippen LogP contribution in [-0.4, -0.2) is 50.6 Å². The van der Waals surface area contributed by atoms with E-state index >= 15 is 0 Å². The third-order valence-corrected chi connectivity index (χ3v) is 3.55. The lowest BCUT2D eigenvalue weighted by atomic mass is 10.1. The number of benzene rings is 1. The molecular formula is C15H20N4O. The van der Waals surface area contributed by atoms with Gasteiger partial charge in [0.1, 0.15) is 12.1 Å². The SMILES string of the molecule is Cc1ccc(C#N)c(N2CCNCC2C(=O)N(C)C)c1. The number of amides is 1. The second-order valence-electron chi connectivity index (χ2n) is 5.28. The van der Waals surface area contributed by atoms with Gasteiger partial charge in [-0.15, -0.1) is 0 Å². The van der Waals surface area contributed by atoms with Crippen LogP contribution in [0.4, 0.5) is 5.69 Å². The summed E-state index contributed by atoms with van der Waals surface area (Å²) < 4.78 is 0. The van der Waals surface area contributed by atoms with Crippen molar-refractivity contribution in [3.8, 4) is 6.07 Å². The third-order valence-electron chi connectivity index (χ3n) is 3.55. The van der Waals surface area contributed by atoms with Crippen molar-refractivity contribution >= 4 is 11.6 Å². The van der Waals surface area contributed by atoms with E-state index in [2.05, 4.69) is 11.4 Å². The Morgan fingerprint density at radius 1 is 1.50 bits per heavy atom. The van der Waals surface area contributed by atoms with Crippen LogP contribution in [0, 0.1) is 18.3 Å². The number of likely N-dealkylation sites (N-methyl/N-ethyl adjacent to an activating group) is 1. The first-order valence-electron chi connectivity index (χ1n) is 6.74. The van der Waals surface area contributed by atoms with Crippen molar-refractivity contribution < 1.29 is 4.79 Å². The van der Waals surface area contributed by atoms with Gasteiger partial charge >= 0.3 is 0 Å². The van der Waals surface area contributed by atoms with Gasteiger partial charge < -0.3 is 15.1 Å². The second kappa shape index (κ2) is 5.93. The number of hydrogen-bond donors (Lipinski definition) is 1. The zero-order valence-electron chi connectivity index (χ0n) is 12.2. The van der Waals surface area contributed by atoms with Crippen LogP contribution in [0.15, 0.2) is 18.2 Å². The highest BCUT2D eigenvalue weighted by Gasteiger charge is 2.31. The van der Waals surface area contributed by atoms with Gasteiger partial charge in [-0.25, -0.2) is 0 Å². The molecular weight excluding hydrogens is 252 g/mol. The van der Waals surface area contributed by atoms with Crippen molar-refractivity contribution in [2.45, 2.75) is 13.0 Å². The zero-order chi connectivity index (χ0) is 14.7. The first-order valence-corrected chi connectivity index (χ1v) is 6.74.